The second kappa shape index (κ2) is 4.65. The summed E-state index contributed by atoms with van der Waals surface area (Å²) in [6.07, 6.45) is 1.16. The summed E-state index contributed by atoms with van der Waals surface area (Å²) in [7, 11) is 0. The van der Waals surface area contributed by atoms with E-state index in [1.807, 2.05) is 13.0 Å². The summed E-state index contributed by atoms with van der Waals surface area (Å²) >= 11 is 0. The van der Waals surface area contributed by atoms with Crippen LogP contribution in [-0.4, -0.2) is 12.6 Å². The van der Waals surface area contributed by atoms with Crippen LogP contribution in [0.1, 0.15) is 38.8 Å². The summed E-state index contributed by atoms with van der Waals surface area (Å²) in [4.78, 5) is 2.28. The number of halogens is 1. The maximum Gasteiger partial charge on any atom is 0.130 e. The van der Waals surface area contributed by atoms with Gasteiger partial charge >= 0.3 is 0 Å². The number of rotatable bonds is 2. The van der Waals surface area contributed by atoms with Crippen molar-refractivity contribution in [3.8, 4) is 0 Å². The van der Waals surface area contributed by atoms with E-state index in [9.17, 15) is 4.39 Å². The van der Waals surface area contributed by atoms with E-state index in [1.165, 1.54) is 6.07 Å². The molecule has 2 rings (SSSR count). The van der Waals surface area contributed by atoms with Crippen molar-refractivity contribution >= 4 is 5.69 Å². The molecule has 1 aromatic carbocycles. The van der Waals surface area contributed by atoms with Crippen LogP contribution in [-0.2, 0) is 0 Å². The Morgan fingerprint density at radius 1 is 1.41 bits per heavy atom. The van der Waals surface area contributed by atoms with Gasteiger partial charge < -0.3 is 10.6 Å². The summed E-state index contributed by atoms with van der Waals surface area (Å²) in [6.45, 7) is 7.26. The zero-order chi connectivity index (χ0) is 12.6. The third kappa shape index (κ3) is 2.29. The second-order valence-electron chi connectivity index (χ2n) is 5.30. The SMILES string of the molecule is CC1CC(C)N(c2cccc(F)c2[C@H](C)N)C1. The summed E-state index contributed by atoms with van der Waals surface area (Å²) < 4.78 is 13.9. The predicted octanol–water partition coefficient (Wildman–Crippen LogP) is 3.08. The lowest BCUT2D eigenvalue weighted by molar-refractivity contribution is 0.590. The van der Waals surface area contributed by atoms with Crippen LogP contribution in [0.4, 0.5) is 10.1 Å². The third-order valence-corrected chi connectivity index (χ3v) is 3.58. The first-order chi connectivity index (χ1) is 8.00. The van der Waals surface area contributed by atoms with E-state index in [0.717, 1.165) is 18.7 Å². The number of benzene rings is 1. The zero-order valence-corrected chi connectivity index (χ0v) is 10.8. The molecule has 2 nitrogen and oxygen atoms in total. The van der Waals surface area contributed by atoms with Gasteiger partial charge in [0.05, 0.1) is 0 Å². The van der Waals surface area contributed by atoms with Gasteiger partial charge in [-0.15, -0.1) is 0 Å². The highest BCUT2D eigenvalue weighted by Gasteiger charge is 2.29. The van der Waals surface area contributed by atoms with E-state index in [1.54, 1.807) is 6.07 Å². The second-order valence-corrected chi connectivity index (χ2v) is 5.30. The van der Waals surface area contributed by atoms with E-state index >= 15 is 0 Å². The lowest BCUT2D eigenvalue weighted by Gasteiger charge is -2.28. The summed E-state index contributed by atoms with van der Waals surface area (Å²) in [5.41, 5.74) is 7.51. The van der Waals surface area contributed by atoms with Crippen LogP contribution in [0.5, 0.6) is 0 Å². The smallest absolute Gasteiger partial charge is 0.130 e. The molecule has 1 fully saturated rings. The fraction of sp³-hybridized carbons (Fsp3) is 0.571. The predicted molar refractivity (Wildman–Crippen MR) is 69.6 cm³/mol. The van der Waals surface area contributed by atoms with Gasteiger partial charge in [-0.25, -0.2) is 4.39 Å². The monoisotopic (exact) mass is 236 g/mol. The van der Waals surface area contributed by atoms with Crippen LogP contribution in [0.15, 0.2) is 18.2 Å². The van der Waals surface area contributed by atoms with Crippen molar-refractivity contribution in [2.45, 2.75) is 39.3 Å². The van der Waals surface area contributed by atoms with Gasteiger partial charge in [-0.3, -0.25) is 0 Å². The van der Waals surface area contributed by atoms with Gasteiger partial charge in [0.15, 0.2) is 0 Å². The summed E-state index contributed by atoms with van der Waals surface area (Å²) in [6, 6.07) is 5.44. The molecule has 1 heterocycles. The first-order valence-electron chi connectivity index (χ1n) is 6.31. The highest BCUT2D eigenvalue weighted by Crippen LogP contribution is 2.34. The first kappa shape index (κ1) is 12.4. The fourth-order valence-electron chi connectivity index (χ4n) is 2.86. The van der Waals surface area contributed by atoms with Gasteiger partial charge in [-0.1, -0.05) is 13.0 Å². The molecule has 1 saturated heterocycles. The van der Waals surface area contributed by atoms with Gasteiger partial charge in [0.2, 0.25) is 0 Å². The Labute approximate surface area is 103 Å². The Morgan fingerprint density at radius 2 is 2.12 bits per heavy atom. The Kier molecular flexibility index (Phi) is 3.38. The van der Waals surface area contributed by atoms with Crippen molar-refractivity contribution in [1.29, 1.82) is 0 Å². The number of hydrogen-bond acceptors (Lipinski definition) is 2. The van der Waals surface area contributed by atoms with Crippen molar-refractivity contribution in [1.82, 2.24) is 0 Å². The summed E-state index contributed by atoms with van der Waals surface area (Å²) in [5.74, 6) is 0.471. The largest absolute Gasteiger partial charge is 0.368 e. The van der Waals surface area contributed by atoms with Gasteiger partial charge in [0, 0.05) is 29.9 Å². The van der Waals surface area contributed by atoms with Crippen molar-refractivity contribution in [3.63, 3.8) is 0 Å². The molecule has 0 radical (unpaired) electrons. The number of anilines is 1. The van der Waals surface area contributed by atoms with Crippen LogP contribution in [0, 0.1) is 11.7 Å². The van der Waals surface area contributed by atoms with Crippen LogP contribution in [0.25, 0.3) is 0 Å². The van der Waals surface area contributed by atoms with E-state index < -0.39 is 0 Å². The van der Waals surface area contributed by atoms with Gasteiger partial charge in [0.25, 0.3) is 0 Å². The number of hydrogen-bond donors (Lipinski definition) is 1. The van der Waals surface area contributed by atoms with Crippen molar-refractivity contribution in [2.24, 2.45) is 11.7 Å². The van der Waals surface area contributed by atoms with E-state index in [4.69, 9.17) is 5.73 Å². The summed E-state index contributed by atoms with van der Waals surface area (Å²) in [5, 5.41) is 0. The molecule has 3 heteroatoms. The molecule has 3 atom stereocenters. The Balaban J connectivity index is 2.41. The van der Waals surface area contributed by atoms with Crippen molar-refractivity contribution < 1.29 is 4.39 Å². The highest BCUT2D eigenvalue weighted by atomic mass is 19.1. The topological polar surface area (TPSA) is 29.3 Å². The van der Waals surface area contributed by atoms with Crippen LogP contribution >= 0.6 is 0 Å². The van der Waals surface area contributed by atoms with Crippen LogP contribution in [0.3, 0.4) is 0 Å². The Hall–Kier alpha value is -1.09. The van der Waals surface area contributed by atoms with E-state index in [-0.39, 0.29) is 11.9 Å². The normalized spacial score (nSPS) is 26.3. The van der Waals surface area contributed by atoms with Gasteiger partial charge in [-0.2, -0.15) is 0 Å². The zero-order valence-electron chi connectivity index (χ0n) is 10.8. The molecule has 0 saturated carbocycles. The van der Waals surface area contributed by atoms with Gasteiger partial charge in [0.1, 0.15) is 5.82 Å². The van der Waals surface area contributed by atoms with Crippen LogP contribution < -0.4 is 10.6 Å². The van der Waals surface area contributed by atoms with Crippen molar-refractivity contribution in [2.75, 3.05) is 11.4 Å². The average Bonchev–Trinajstić information content (AvgIpc) is 2.56. The van der Waals surface area contributed by atoms with E-state index in [0.29, 0.717) is 17.5 Å². The molecule has 17 heavy (non-hydrogen) atoms. The molecule has 1 aliphatic rings. The lowest BCUT2D eigenvalue weighted by atomic mass is 10.0. The Bertz CT molecular complexity index is 403. The minimum absolute atomic E-state index is 0.191. The molecule has 0 amide bonds. The minimum Gasteiger partial charge on any atom is -0.368 e. The van der Waals surface area contributed by atoms with E-state index in [2.05, 4.69) is 18.7 Å². The van der Waals surface area contributed by atoms with Crippen LogP contribution in [0.2, 0.25) is 0 Å². The molecule has 0 spiro atoms. The number of nitrogens with two attached hydrogens (primary N) is 1. The quantitative estimate of drug-likeness (QED) is 0.855. The molecule has 2 N–H and O–H groups in total. The van der Waals surface area contributed by atoms with Crippen molar-refractivity contribution in [3.05, 3.63) is 29.6 Å². The first-order valence-corrected chi connectivity index (χ1v) is 6.31. The molecule has 1 aromatic rings. The molecule has 1 aliphatic heterocycles. The molecule has 94 valence electrons. The lowest BCUT2D eigenvalue weighted by Crippen LogP contribution is -2.29. The molecular weight excluding hydrogens is 215 g/mol. The standard InChI is InChI=1S/C14H21FN2/c1-9-7-10(2)17(8-9)13-6-4-5-12(15)14(13)11(3)16/h4-6,9-11H,7-8,16H2,1-3H3/t9?,10?,11-/m0/s1. The third-order valence-electron chi connectivity index (χ3n) is 3.58. The molecule has 0 aliphatic carbocycles. The Morgan fingerprint density at radius 3 is 2.65 bits per heavy atom. The highest BCUT2D eigenvalue weighted by molar-refractivity contribution is 5.57. The molecule has 0 aromatic heterocycles. The maximum atomic E-state index is 13.9. The molecule has 2 unspecified atom stereocenters. The minimum atomic E-state index is -0.269. The van der Waals surface area contributed by atoms with Gasteiger partial charge in [-0.05, 0) is 38.3 Å². The fourth-order valence-corrected chi connectivity index (χ4v) is 2.86. The molecular formula is C14H21FN2. The average molecular weight is 236 g/mol. The number of nitrogens with zero attached hydrogens (tertiary/aromatic N) is 1. The maximum absolute atomic E-state index is 13.9. The molecule has 0 bridgehead atoms.